The molecule has 4 aromatic rings. The van der Waals surface area contributed by atoms with Crippen LogP contribution in [0.5, 0.6) is 0 Å². The molecule has 0 saturated carbocycles. The number of urea groups is 2. The van der Waals surface area contributed by atoms with Gasteiger partial charge in [0.05, 0.1) is 19.6 Å². The van der Waals surface area contributed by atoms with E-state index in [4.69, 9.17) is 0 Å². The Kier molecular flexibility index (Phi) is 8.89. The van der Waals surface area contributed by atoms with E-state index in [0.29, 0.717) is 0 Å². The van der Waals surface area contributed by atoms with Crippen LogP contribution in [0.15, 0.2) is 117 Å². The van der Waals surface area contributed by atoms with Gasteiger partial charge in [-0.15, -0.1) is 0 Å². The summed E-state index contributed by atoms with van der Waals surface area (Å²) in [5, 5.41) is 4.61. The van der Waals surface area contributed by atoms with Gasteiger partial charge in [-0.25, -0.2) is 44.3 Å². The first-order valence-corrected chi connectivity index (χ1v) is 16.9. The highest BCUT2D eigenvalue weighted by atomic mass is 32.2. The largest absolute Gasteiger partial charge is 0.333 e. The molecule has 0 aliphatic rings. The zero-order valence-corrected chi connectivity index (χ0v) is 25.2. The number of anilines is 2. The average molecular weight is 643 g/mol. The number of rotatable bonds is 8. The van der Waals surface area contributed by atoms with Crippen LogP contribution in [0.4, 0.5) is 21.0 Å². The quantitative estimate of drug-likeness (QED) is 0.221. The van der Waals surface area contributed by atoms with Gasteiger partial charge in [0.15, 0.2) is 0 Å². The number of aryl methyl sites for hydroxylation is 2. The molecule has 0 radical (unpaired) electrons. The molecule has 0 bridgehead atoms. The van der Waals surface area contributed by atoms with Crippen LogP contribution in [0.2, 0.25) is 0 Å². The third kappa shape index (κ3) is 7.77. The summed E-state index contributed by atoms with van der Waals surface area (Å²) in [5.41, 5.74) is 1.65. The Morgan fingerprint density at radius 1 is 0.488 bits per heavy atom. The molecule has 4 rings (SSSR count). The molecule has 0 fully saturated rings. The molecule has 4 aromatic carbocycles. The summed E-state index contributed by atoms with van der Waals surface area (Å²) in [4.78, 5) is 24.1. The van der Waals surface area contributed by atoms with Crippen LogP contribution in [-0.2, 0) is 29.9 Å². The van der Waals surface area contributed by atoms with Gasteiger partial charge in [0.1, 0.15) is 0 Å². The Balaban J connectivity index is 1.47. The summed E-state index contributed by atoms with van der Waals surface area (Å²) in [5.74, 6) is 0. The lowest BCUT2D eigenvalue weighted by molar-refractivity contribution is 0.255. The number of hydrogen-bond donors (Lipinski definition) is 4. The maximum Gasteiger partial charge on any atom is 0.333 e. The third-order valence-corrected chi connectivity index (χ3v) is 10.4. The smallest absolute Gasteiger partial charge is 0.307 e. The second-order valence-electron chi connectivity index (χ2n) is 9.30. The topological polar surface area (TPSA) is 185 Å². The highest BCUT2D eigenvalue weighted by molar-refractivity contribution is 7.91. The maximum absolute atomic E-state index is 13.3. The highest BCUT2D eigenvalue weighted by Crippen LogP contribution is 2.25. The minimum atomic E-state index is -4.20. The summed E-state index contributed by atoms with van der Waals surface area (Å²) < 4.78 is 80.4. The Morgan fingerprint density at radius 2 is 0.837 bits per heavy atom. The Bertz CT molecular complexity index is 1870. The van der Waals surface area contributed by atoms with Crippen molar-refractivity contribution in [3.8, 4) is 0 Å². The zero-order valence-electron chi connectivity index (χ0n) is 22.7. The van der Waals surface area contributed by atoms with E-state index >= 15 is 0 Å². The van der Waals surface area contributed by atoms with Crippen molar-refractivity contribution in [3.05, 3.63) is 108 Å². The van der Waals surface area contributed by atoms with Crippen LogP contribution in [-0.4, -0.2) is 37.3 Å². The van der Waals surface area contributed by atoms with Crippen molar-refractivity contribution in [2.45, 2.75) is 33.4 Å². The standard InChI is InChI=1S/C28H26N4O8S3/c1-19-9-13-23(14-10-19)42(37,38)31-27(33)29-21-5-3-7-25(17-21)41(35,36)26-8-4-6-22(18-26)30-28(34)32-43(39,40)24-15-11-20(2)12-16-24/h3-18H,1-2H3,(H2,29,31,33)(H2,30,32,34). The second kappa shape index (κ2) is 12.2. The maximum atomic E-state index is 13.3. The van der Waals surface area contributed by atoms with Crippen molar-refractivity contribution < 1.29 is 34.8 Å². The number of carbonyl (C=O) groups is 2. The van der Waals surface area contributed by atoms with Crippen molar-refractivity contribution in [1.29, 1.82) is 0 Å². The van der Waals surface area contributed by atoms with Crippen molar-refractivity contribution in [2.75, 3.05) is 10.6 Å². The number of sulfonamides is 2. The molecular weight excluding hydrogens is 617 g/mol. The van der Waals surface area contributed by atoms with Crippen LogP contribution >= 0.6 is 0 Å². The lowest BCUT2D eigenvalue weighted by atomic mass is 10.2. The van der Waals surface area contributed by atoms with Gasteiger partial charge < -0.3 is 10.6 Å². The van der Waals surface area contributed by atoms with Crippen LogP contribution < -0.4 is 20.1 Å². The third-order valence-electron chi connectivity index (χ3n) is 5.92. The van der Waals surface area contributed by atoms with Crippen LogP contribution in [0.3, 0.4) is 0 Å². The van der Waals surface area contributed by atoms with E-state index < -0.39 is 41.9 Å². The average Bonchev–Trinajstić information content (AvgIpc) is 2.93. The van der Waals surface area contributed by atoms with Gasteiger partial charge in [0.2, 0.25) is 9.84 Å². The highest BCUT2D eigenvalue weighted by Gasteiger charge is 2.22. The van der Waals surface area contributed by atoms with Gasteiger partial charge in [0, 0.05) is 11.4 Å². The van der Waals surface area contributed by atoms with E-state index in [1.54, 1.807) is 38.1 Å². The molecule has 0 spiro atoms. The number of benzene rings is 4. The molecule has 0 atom stereocenters. The van der Waals surface area contributed by atoms with Crippen molar-refractivity contribution in [2.24, 2.45) is 0 Å². The number of carbonyl (C=O) groups excluding carboxylic acids is 2. The SMILES string of the molecule is Cc1ccc(S(=O)(=O)NC(=O)Nc2cccc(S(=O)(=O)c3cccc(NC(=O)NS(=O)(=O)c4ccc(C)cc4)c3)c2)cc1. The molecule has 0 unspecified atom stereocenters. The predicted molar refractivity (Wildman–Crippen MR) is 159 cm³/mol. The van der Waals surface area contributed by atoms with E-state index in [2.05, 4.69) is 10.6 Å². The van der Waals surface area contributed by atoms with Gasteiger partial charge in [-0.1, -0.05) is 47.5 Å². The molecule has 0 heterocycles. The number of nitrogens with one attached hydrogen (secondary N) is 4. The molecule has 4 amide bonds. The van der Waals surface area contributed by atoms with Crippen molar-refractivity contribution in [3.63, 3.8) is 0 Å². The molecule has 0 aliphatic heterocycles. The zero-order chi connectivity index (χ0) is 31.4. The lowest BCUT2D eigenvalue weighted by Gasteiger charge is -2.12. The minimum Gasteiger partial charge on any atom is -0.307 e. The number of amides is 4. The lowest BCUT2D eigenvalue weighted by Crippen LogP contribution is -2.34. The number of sulfone groups is 1. The van der Waals surface area contributed by atoms with Gasteiger partial charge in [-0.2, -0.15) is 0 Å². The fourth-order valence-corrected chi connectivity index (χ4v) is 6.89. The molecule has 4 N–H and O–H groups in total. The van der Waals surface area contributed by atoms with E-state index in [-0.39, 0.29) is 31.0 Å². The Hall–Kier alpha value is -4.73. The summed E-state index contributed by atoms with van der Waals surface area (Å²) in [6, 6.07) is 19.7. The van der Waals surface area contributed by atoms with Crippen molar-refractivity contribution >= 4 is 53.3 Å². The van der Waals surface area contributed by atoms with Crippen LogP contribution in [0.25, 0.3) is 0 Å². The van der Waals surface area contributed by atoms with Gasteiger partial charge in [0.25, 0.3) is 20.0 Å². The minimum absolute atomic E-state index is 0.00680. The summed E-state index contributed by atoms with van der Waals surface area (Å²) >= 11 is 0. The first kappa shape index (κ1) is 31.2. The van der Waals surface area contributed by atoms with E-state index in [1.807, 2.05) is 9.44 Å². The predicted octanol–water partition coefficient (Wildman–Crippen LogP) is 4.16. The molecule has 0 saturated heterocycles. The molecule has 15 heteroatoms. The Labute approximate surface area is 249 Å². The summed E-state index contributed by atoms with van der Waals surface area (Å²) in [7, 11) is -12.6. The van der Waals surface area contributed by atoms with Crippen molar-refractivity contribution in [1.82, 2.24) is 9.44 Å². The normalized spacial score (nSPS) is 11.8. The Morgan fingerprint density at radius 3 is 1.19 bits per heavy atom. The monoisotopic (exact) mass is 642 g/mol. The fourth-order valence-electron chi connectivity index (χ4n) is 3.73. The van der Waals surface area contributed by atoms with Gasteiger partial charge in [-0.3, -0.25) is 0 Å². The molecule has 224 valence electrons. The first-order valence-electron chi connectivity index (χ1n) is 12.4. The summed E-state index contributed by atoms with van der Waals surface area (Å²) in [6.07, 6.45) is 0. The van der Waals surface area contributed by atoms with E-state index in [9.17, 15) is 34.8 Å². The molecule has 12 nitrogen and oxygen atoms in total. The number of hydrogen-bond acceptors (Lipinski definition) is 8. The molecule has 43 heavy (non-hydrogen) atoms. The second-order valence-corrected chi connectivity index (χ2v) is 14.6. The van der Waals surface area contributed by atoms with E-state index in [0.717, 1.165) is 23.3 Å². The molecular formula is C28H26N4O8S3. The summed E-state index contributed by atoms with van der Waals surface area (Å²) in [6.45, 7) is 3.56. The molecule has 0 aliphatic carbocycles. The van der Waals surface area contributed by atoms with Gasteiger partial charge in [-0.05, 0) is 74.5 Å². The fraction of sp³-hybridized carbons (Fsp3) is 0.0714. The molecule has 0 aromatic heterocycles. The van der Waals surface area contributed by atoms with Gasteiger partial charge >= 0.3 is 12.1 Å². The first-order chi connectivity index (χ1) is 20.2. The van der Waals surface area contributed by atoms with Crippen LogP contribution in [0.1, 0.15) is 11.1 Å². The van der Waals surface area contributed by atoms with E-state index in [1.165, 1.54) is 60.7 Å². The van der Waals surface area contributed by atoms with Crippen LogP contribution in [0, 0.1) is 13.8 Å².